The molecule has 1 unspecified atom stereocenters. The summed E-state index contributed by atoms with van der Waals surface area (Å²) in [6.07, 6.45) is -0.243. The van der Waals surface area contributed by atoms with Gasteiger partial charge in [-0.25, -0.2) is 0 Å². The lowest BCUT2D eigenvalue weighted by molar-refractivity contribution is -0.149. The molecule has 0 spiro atoms. The molecule has 0 aromatic heterocycles. The van der Waals surface area contributed by atoms with Crippen molar-refractivity contribution in [1.29, 1.82) is 0 Å². The standard InChI is InChI=1S/C8H15O3/c1-6(2)4-8(10)11-7(3)5-9/h6-7,9H,3-5H2,1-2H3. The molecule has 0 aliphatic heterocycles. The zero-order valence-corrected chi connectivity index (χ0v) is 7.04. The number of hydrogen-bond acceptors (Lipinski definition) is 3. The maximum atomic E-state index is 10.8. The minimum atomic E-state index is -0.624. The molecule has 0 heterocycles. The summed E-state index contributed by atoms with van der Waals surface area (Å²) in [6.45, 7) is 7.05. The van der Waals surface area contributed by atoms with E-state index >= 15 is 0 Å². The smallest absolute Gasteiger partial charge is 0.306 e. The van der Waals surface area contributed by atoms with Gasteiger partial charge in [0, 0.05) is 6.42 Å². The fraction of sp³-hybridized carbons (Fsp3) is 0.750. The van der Waals surface area contributed by atoms with E-state index in [0.29, 0.717) is 6.42 Å². The van der Waals surface area contributed by atoms with Crippen molar-refractivity contribution < 1.29 is 14.6 Å². The maximum Gasteiger partial charge on any atom is 0.306 e. The van der Waals surface area contributed by atoms with Crippen LogP contribution < -0.4 is 0 Å². The van der Waals surface area contributed by atoms with Gasteiger partial charge in [-0.05, 0) is 12.8 Å². The van der Waals surface area contributed by atoms with Crippen LogP contribution in [0.15, 0.2) is 0 Å². The number of rotatable bonds is 4. The molecular weight excluding hydrogens is 144 g/mol. The van der Waals surface area contributed by atoms with Gasteiger partial charge < -0.3 is 9.84 Å². The summed E-state index contributed by atoms with van der Waals surface area (Å²) in [7, 11) is 0. The second-order valence-electron chi connectivity index (χ2n) is 2.89. The predicted octanol–water partition coefficient (Wildman–Crippen LogP) is 0.771. The zero-order chi connectivity index (χ0) is 8.85. The first-order chi connectivity index (χ1) is 5.06. The molecule has 0 aromatic carbocycles. The summed E-state index contributed by atoms with van der Waals surface area (Å²) >= 11 is 0. The van der Waals surface area contributed by atoms with E-state index < -0.39 is 6.10 Å². The third kappa shape index (κ3) is 5.85. The number of hydrogen-bond donors (Lipinski definition) is 1. The molecule has 0 rings (SSSR count). The summed E-state index contributed by atoms with van der Waals surface area (Å²) < 4.78 is 4.71. The Bertz CT molecular complexity index is 121. The molecule has 0 saturated carbocycles. The number of carbonyl (C=O) groups is 1. The molecule has 1 atom stereocenters. The molecule has 0 fully saturated rings. The van der Waals surface area contributed by atoms with E-state index in [2.05, 4.69) is 6.92 Å². The van der Waals surface area contributed by atoms with E-state index in [1.54, 1.807) is 0 Å². The molecule has 1 N–H and O–H groups in total. The van der Waals surface area contributed by atoms with Crippen LogP contribution in [0.25, 0.3) is 0 Å². The monoisotopic (exact) mass is 159 g/mol. The molecule has 0 bridgehead atoms. The first-order valence-corrected chi connectivity index (χ1v) is 3.69. The van der Waals surface area contributed by atoms with Crippen molar-refractivity contribution in [3.8, 4) is 0 Å². The van der Waals surface area contributed by atoms with Gasteiger partial charge >= 0.3 is 5.97 Å². The van der Waals surface area contributed by atoms with Crippen molar-refractivity contribution in [2.75, 3.05) is 6.61 Å². The van der Waals surface area contributed by atoms with Crippen LogP contribution in [0.2, 0.25) is 0 Å². The van der Waals surface area contributed by atoms with Gasteiger partial charge in [0.05, 0.1) is 6.61 Å². The molecule has 1 radical (unpaired) electrons. The van der Waals surface area contributed by atoms with E-state index in [1.807, 2.05) is 13.8 Å². The second-order valence-corrected chi connectivity index (χ2v) is 2.89. The highest BCUT2D eigenvalue weighted by Gasteiger charge is 2.09. The third-order valence-electron chi connectivity index (χ3n) is 1.08. The van der Waals surface area contributed by atoms with Crippen LogP contribution in [0, 0.1) is 12.8 Å². The average molecular weight is 159 g/mol. The van der Waals surface area contributed by atoms with Crippen LogP contribution in [-0.4, -0.2) is 23.8 Å². The van der Waals surface area contributed by atoms with Crippen molar-refractivity contribution in [3.05, 3.63) is 6.92 Å². The lowest BCUT2D eigenvalue weighted by Crippen LogP contribution is -2.19. The number of esters is 1. The number of ether oxygens (including phenoxy) is 1. The fourth-order valence-corrected chi connectivity index (χ4v) is 0.605. The van der Waals surface area contributed by atoms with Gasteiger partial charge in [-0.2, -0.15) is 0 Å². The molecule has 3 nitrogen and oxygen atoms in total. The van der Waals surface area contributed by atoms with Gasteiger partial charge in [-0.1, -0.05) is 13.8 Å². The Kier molecular flexibility index (Phi) is 4.86. The van der Waals surface area contributed by atoms with Crippen molar-refractivity contribution in [2.45, 2.75) is 26.4 Å². The van der Waals surface area contributed by atoms with Crippen molar-refractivity contribution in [1.82, 2.24) is 0 Å². The SMILES string of the molecule is [CH2]C(CO)OC(=O)CC(C)C. The Morgan fingerprint density at radius 3 is 2.55 bits per heavy atom. The molecular formula is C8H15O3. The average Bonchev–Trinajstić information content (AvgIpc) is 1.85. The predicted molar refractivity (Wildman–Crippen MR) is 41.8 cm³/mol. The molecule has 11 heavy (non-hydrogen) atoms. The van der Waals surface area contributed by atoms with Crippen molar-refractivity contribution >= 4 is 5.97 Å². The Morgan fingerprint density at radius 2 is 2.18 bits per heavy atom. The Hall–Kier alpha value is -0.570. The molecule has 0 aliphatic rings. The van der Waals surface area contributed by atoms with Crippen LogP contribution in [0.1, 0.15) is 20.3 Å². The molecule has 0 aliphatic carbocycles. The zero-order valence-electron chi connectivity index (χ0n) is 7.04. The third-order valence-corrected chi connectivity index (χ3v) is 1.08. The van der Waals surface area contributed by atoms with Gasteiger partial charge in [-0.15, -0.1) is 0 Å². The normalized spacial score (nSPS) is 13.2. The Morgan fingerprint density at radius 1 is 1.64 bits per heavy atom. The van der Waals surface area contributed by atoms with Gasteiger partial charge in [0.15, 0.2) is 0 Å². The van der Waals surface area contributed by atoms with Crippen LogP contribution in [0.3, 0.4) is 0 Å². The second kappa shape index (κ2) is 5.13. The quantitative estimate of drug-likeness (QED) is 0.616. The van der Waals surface area contributed by atoms with Gasteiger partial charge in [0.2, 0.25) is 0 Å². The fourth-order valence-electron chi connectivity index (χ4n) is 0.605. The molecule has 3 heteroatoms. The highest BCUT2D eigenvalue weighted by atomic mass is 16.5. The van der Waals surface area contributed by atoms with Gasteiger partial charge in [0.1, 0.15) is 6.10 Å². The Labute approximate surface area is 67.4 Å². The van der Waals surface area contributed by atoms with Gasteiger partial charge in [-0.3, -0.25) is 4.79 Å². The molecule has 0 aromatic rings. The number of carbonyl (C=O) groups excluding carboxylic acids is 1. The lowest BCUT2D eigenvalue weighted by Gasteiger charge is -2.10. The maximum absolute atomic E-state index is 10.8. The molecule has 0 saturated heterocycles. The first kappa shape index (κ1) is 10.4. The van der Waals surface area contributed by atoms with Crippen molar-refractivity contribution in [3.63, 3.8) is 0 Å². The summed E-state index contributed by atoms with van der Waals surface area (Å²) in [5.74, 6) is -0.0116. The van der Waals surface area contributed by atoms with Crippen LogP contribution >= 0.6 is 0 Å². The highest BCUT2D eigenvalue weighted by molar-refractivity contribution is 5.69. The van der Waals surface area contributed by atoms with E-state index in [1.165, 1.54) is 0 Å². The van der Waals surface area contributed by atoms with E-state index in [4.69, 9.17) is 9.84 Å². The number of aliphatic hydroxyl groups is 1. The largest absolute Gasteiger partial charge is 0.460 e. The summed E-state index contributed by atoms with van der Waals surface area (Å²) in [6, 6.07) is 0. The van der Waals surface area contributed by atoms with Crippen molar-refractivity contribution in [2.24, 2.45) is 5.92 Å². The van der Waals surface area contributed by atoms with E-state index in [0.717, 1.165) is 0 Å². The minimum absolute atomic E-state index is 0.218. The van der Waals surface area contributed by atoms with Crippen LogP contribution in [0.4, 0.5) is 0 Å². The summed E-state index contributed by atoms with van der Waals surface area (Å²) in [5.41, 5.74) is 0. The van der Waals surface area contributed by atoms with E-state index in [-0.39, 0.29) is 18.5 Å². The van der Waals surface area contributed by atoms with Crippen LogP contribution in [0.5, 0.6) is 0 Å². The lowest BCUT2D eigenvalue weighted by atomic mass is 10.1. The van der Waals surface area contributed by atoms with E-state index in [9.17, 15) is 4.79 Å². The Balaban J connectivity index is 3.52. The number of aliphatic hydroxyl groups excluding tert-OH is 1. The molecule has 65 valence electrons. The highest BCUT2D eigenvalue weighted by Crippen LogP contribution is 2.02. The topological polar surface area (TPSA) is 46.5 Å². The van der Waals surface area contributed by atoms with Gasteiger partial charge in [0.25, 0.3) is 0 Å². The summed E-state index contributed by atoms with van der Waals surface area (Å²) in [5, 5.41) is 8.48. The first-order valence-electron chi connectivity index (χ1n) is 3.69. The summed E-state index contributed by atoms with van der Waals surface area (Å²) in [4.78, 5) is 10.8. The van der Waals surface area contributed by atoms with Crippen LogP contribution in [-0.2, 0) is 9.53 Å². The minimum Gasteiger partial charge on any atom is -0.460 e. The molecule has 0 amide bonds.